The number of imidazole rings is 1. The van der Waals surface area contributed by atoms with Gasteiger partial charge in [-0.25, -0.2) is 4.98 Å². The standard InChI is InChI=1S/C33H43N3O4/c1-22(2)32(37)40-33(21-24-13-14-25(33)18-27(24)23-10-7-6-8-11-23)15-17-36(3)16-9-12-30-34-28-19-26(38-4)20-29(39-5)31(28)35-30/h6-8,10-11,18-20,22,24-25H,9,12-17,21H2,1-5H3,(H,34,35)/t24-,25+,33+/m1/s1. The van der Waals surface area contributed by atoms with Gasteiger partial charge in [0, 0.05) is 37.4 Å². The molecule has 3 aliphatic carbocycles. The number of rotatable bonds is 12. The summed E-state index contributed by atoms with van der Waals surface area (Å²) in [5.74, 6) is 2.87. The van der Waals surface area contributed by atoms with Crippen LogP contribution in [0.2, 0.25) is 0 Å². The summed E-state index contributed by atoms with van der Waals surface area (Å²) in [4.78, 5) is 23.5. The van der Waals surface area contributed by atoms with E-state index >= 15 is 0 Å². The summed E-state index contributed by atoms with van der Waals surface area (Å²) in [5.41, 5.74) is 4.06. The number of ether oxygens (including phenoxy) is 3. The number of methoxy groups -OCH3 is 2. The van der Waals surface area contributed by atoms with Crippen LogP contribution < -0.4 is 9.47 Å². The predicted molar refractivity (Wildman–Crippen MR) is 159 cm³/mol. The highest BCUT2D eigenvalue weighted by molar-refractivity contribution is 5.83. The number of carbonyl (C=O) groups is 1. The fraction of sp³-hybridized carbons (Fsp3) is 0.515. The van der Waals surface area contributed by atoms with Gasteiger partial charge >= 0.3 is 5.97 Å². The lowest BCUT2D eigenvalue weighted by Crippen LogP contribution is -2.51. The minimum Gasteiger partial charge on any atom is -0.497 e. The van der Waals surface area contributed by atoms with Crippen LogP contribution in [-0.4, -0.2) is 60.8 Å². The number of benzene rings is 2. The molecule has 3 aliphatic rings. The van der Waals surface area contributed by atoms with Gasteiger partial charge in [0.1, 0.15) is 28.4 Å². The summed E-state index contributed by atoms with van der Waals surface area (Å²) in [6.45, 7) is 5.68. The van der Waals surface area contributed by atoms with Gasteiger partial charge in [-0.3, -0.25) is 4.79 Å². The maximum atomic E-state index is 12.9. The van der Waals surface area contributed by atoms with Crippen molar-refractivity contribution in [3.63, 3.8) is 0 Å². The molecule has 0 saturated heterocycles. The Morgan fingerprint density at radius 1 is 1.12 bits per heavy atom. The zero-order valence-electron chi connectivity index (χ0n) is 24.5. The summed E-state index contributed by atoms with van der Waals surface area (Å²) < 4.78 is 17.3. The maximum Gasteiger partial charge on any atom is 0.308 e. The van der Waals surface area contributed by atoms with Gasteiger partial charge in [0.05, 0.1) is 25.7 Å². The van der Waals surface area contributed by atoms with Gasteiger partial charge in [-0.2, -0.15) is 0 Å². The molecule has 6 rings (SSSR count). The average Bonchev–Trinajstić information content (AvgIpc) is 3.39. The number of nitrogens with one attached hydrogen (secondary N) is 1. The van der Waals surface area contributed by atoms with Crippen LogP contribution in [0.5, 0.6) is 11.5 Å². The molecule has 1 heterocycles. The van der Waals surface area contributed by atoms with E-state index in [9.17, 15) is 4.79 Å². The van der Waals surface area contributed by atoms with Gasteiger partial charge < -0.3 is 24.1 Å². The first-order valence-corrected chi connectivity index (χ1v) is 14.6. The maximum absolute atomic E-state index is 12.9. The summed E-state index contributed by atoms with van der Waals surface area (Å²) in [5, 5.41) is 0. The van der Waals surface area contributed by atoms with Crippen LogP contribution in [0.3, 0.4) is 0 Å². The summed E-state index contributed by atoms with van der Waals surface area (Å²) >= 11 is 0. The van der Waals surface area contributed by atoms with Crippen molar-refractivity contribution < 1.29 is 19.0 Å². The Bertz CT molecular complexity index is 1350. The molecule has 0 spiro atoms. The predicted octanol–water partition coefficient (Wildman–Crippen LogP) is 6.29. The Labute approximate surface area is 237 Å². The SMILES string of the molecule is COc1cc(OC)c2nc(CCCN(C)CC[C@]3(OC(=O)C(C)C)C[C@H]4CC[C@H]3C=C4c3ccccc3)[nH]c2c1. The molecule has 0 amide bonds. The van der Waals surface area contributed by atoms with E-state index in [1.165, 1.54) is 11.1 Å². The Morgan fingerprint density at radius 3 is 2.60 bits per heavy atom. The van der Waals surface area contributed by atoms with Gasteiger partial charge in [0.25, 0.3) is 0 Å². The molecule has 7 heteroatoms. The Balaban J connectivity index is 1.23. The number of aromatic nitrogens is 2. The molecule has 3 atom stereocenters. The van der Waals surface area contributed by atoms with Crippen molar-refractivity contribution in [1.29, 1.82) is 0 Å². The number of esters is 1. The summed E-state index contributed by atoms with van der Waals surface area (Å²) in [7, 11) is 5.47. The number of hydrogen-bond donors (Lipinski definition) is 1. The van der Waals surface area contributed by atoms with E-state index in [1.807, 2.05) is 26.0 Å². The van der Waals surface area contributed by atoms with E-state index in [2.05, 4.69) is 53.3 Å². The lowest BCUT2D eigenvalue weighted by Gasteiger charge is -2.50. The highest BCUT2D eigenvalue weighted by Crippen LogP contribution is 2.53. The Kier molecular flexibility index (Phi) is 8.50. The molecular weight excluding hydrogens is 502 g/mol. The normalized spacial score (nSPS) is 22.1. The number of allylic oxidation sites excluding steroid dienone is 1. The van der Waals surface area contributed by atoms with E-state index in [4.69, 9.17) is 19.2 Å². The van der Waals surface area contributed by atoms with Crippen LogP contribution in [0.25, 0.3) is 16.6 Å². The monoisotopic (exact) mass is 545 g/mol. The number of H-pyrrole nitrogens is 1. The molecule has 1 aromatic heterocycles. The average molecular weight is 546 g/mol. The zero-order chi connectivity index (χ0) is 28.3. The van der Waals surface area contributed by atoms with Crippen molar-refractivity contribution >= 4 is 22.6 Å². The third kappa shape index (κ3) is 5.90. The van der Waals surface area contributed by atoms with Crippen LogP contribution in [0.4, 0.5) is 0 Å². The topological polar surface area (TPSA) is 76.7 Å². The molecule has 1 saturated carbocycles. The molecule has 1 fully saturated rings. The number of hydrogen-bond acceptors (Lipinski definition) is 6. The number of carbonyl (C=O) groups excluding carboxylic acids is 1. The molecule has 2 bridgehead atoms. The highest BCUT2D eigenvalue weighted by Gasteiger charge is 2.50. The van der Waals surface area contributed by atoms with Crippen LogP contribution in [0.1, 0.15) is 57.3 Å². The van der Waals surface area contributed by atoms with E-state index in [-0.39, 0.29) is 17.8 Å². The quantitative estimate of drug-likeness (QED) is 0.270. The van der Waals surface area contributed by atoms with Crippen LogP contribution in [-0.2, 0) is 16.0 Å². The minimum atomic E-state index is -0.425. The zero-order valence-corrected chi connectivity index (χ0v) is 24.5. The number of aromatic amines is 1. The molecule has 0 unspecified atom stereocenters. The smallest absolute Gasteiger partial charge is 0.308 e. The molecule has 214 valence electrons. The highest BCUT2D eigenvalue weighted by atomic mass is 16.6. The van der Waals surface area contributed by atoms with E-state index in [0.29, 0.717) is 11.7 Å². The minimum absolute atomic E-state index is 0.0817. The molecule has 3 aromatic rings. The van der Waals surface area contributed by atoms with Crippen LogP contribution in [0, 0.1) is 17.8 Å². The van der Waals surface area contributed by atoms with Crippen molar-refractivity contribution in [2.75, 3.05) is 34.4 Å². The molecule has 7 nitrogen and oxygen atoms in total. The van der Waals surface area contributed by atoms with Crippen molar-refractivity contribution in [2.45, 2.75) is 58.0 Å². The third-order valence-electron chi connectivity index (χ3n) is 8.70. The fourth-order valence-corrected chi connectivity index (χ4v) is 6.42. The molecule has 2 aromatic carbocycles. The van der Waals surface area contributed by atoms with Crippen LogP contribution >= 0.6 is 0 Å². The Hall–Kier alpha value is -3.32. The first-order valence-electron chi connectivity index (χ1n) is 14.6. The fourth-order valence-electron chi connectivity index (χ4n) is 6.42. The first kappa shape index (κ1) is 28.2. The second-order valence-electron chi connectivity index (χ2n) is 11.8. The van der Waals surface area contributed by atoms with Crippen molar-refractivity contribution in [3.8, 4) is 11.5 Å². The van der Waals surface area contributed by atoms with Crippen molar-refractivity contribution in [3.05, 3.63) is 59.9 Å². The van der Waals surface area contributed by atoms with E-state index in [1.54, 1.807) is 14.2 Å². The second-order valence-corrected chi connectivity index (χ2v) is 11.8. The van der Waals surface area contributed by atoms with Gasteiger partial charge in [-0.05, 0) is 56.3 Å². The van der Waals surface area contributed by atoms with Gasteiger partial charge in [-0.1, -0.05) is 50.3 Å². The molecule has 40 heavy (non-hydrogen) atoms. The number of nitrogens with zero attached hydrogens (tertiary/aromatic N) is 2. The van der Waals surface area contributed by atoms with Gasteiger partial charge in [0.2, 0.25) is 0 Å². The Morgan fingerprint density at radius 2 is 1.93 bits per heavy atom. The molecule has 1 N–H and O–H groups in total. The van der Waals surface area contributed by atoms with E-state index in [0.717, 1.165) is 74.2 Å². The summed E-state index contributed by atoms with van der Waals surface area (Å²) in [6.07, 6.45) is 8.24. The lowest BCUT2D eigenvalue weighted by molar-refractivity contribution is -0.176. The summed E-state index contributed by atoms with van der Waals surface area (Å²) in [6, 6.07) is 14.5. The molecular formula is C33H43N3O4. The largest absolute Gasteiger partial charge is 0.497 e. The van der Waals surface area contributed by atoms with E-state index < -0.39 is 5.60 Å². The first-order chi connectivity index (χ1) is 19.3. The third-order valence-corrected chi connectivity index (χ3v) is 8.70. The van der Waals surface area contributed by atoms with Gasteiger partial charge in [0.15, 0.2) is 0 Å². The number of fused-ring (bicyclic) bond motifs is 3. The van der Waals surface area contributed by atoms with Crippen molar-refractivity contribution in [2.24, 2.45) is 17.8 Å². The number of aryl methyl sites for hydroxylation is 1. The van der Waals surface area contributed by atoms with Crippen molar-refractivity contribution in [1.82, 2.24) is 14.9 Å². The van der Waals surface area contributed by atoms with Gasteiger partial charge in [-0.15, -0.1) is 0 Å². The molecule has 0 aliphatic heterocycles. The molecule has 0 radical (unpaired) electrons. The lowest BCUT2D eigenvalue weighted by atomic mass is 9.60. The second kappa shape index (κ2) is 12.0. The van der Waals surface area contributed by atoms with Crippen LogP contribution in [0.15, 0.2) is 48.5 Å².